The van der Waals surface area contributed by atoms with E-state index in [9.17, 15) is 4.79 Å². The molecule has 0 saturated heterocycles. The molecule has 6 heteroatoms. The van der Waals surface area contributed by atoms with Crippen molar-refractivity contribution in [2.75, 3.05) is 7.05 Å². The van der Waals surface area contributed by atoms with Crippen LogP contribution < -0.4 is 0 Å². The molecule has 112 valence electrons. The molecule has 2 heterocycles. The van der Waals surface area contributed by atoms with E-state index >= 15 is 0 Å². The maximum Gasteiger partial charge on any atom is 0.272 e. The SMILES string of the molecule is CN(Cc1nc2ccccc2n1C)C(=O)c1cccc(Cl)n1. The highest BCUT2D eigenvalue weighted by atomic mass is 35.5. The molecule has 0 atom stereocenters. The van der Waals surface area contributed by atoms with Crippen LogP contribution in [0, 0.1) is 0 Å². The number of benzene rings is 1. The van der Waals surface area contributed by atoms with E-state index < -0.39 is 0 Å². The van der Waals surface area contributed by atoms with Crippen LogP contribution in [0.3, 0.4) is 0 Å². The van der Waals surface area contributed by atoms with Crippen molar-refractivity contribution in [1.82, 2.24) is 19.4 Å². The number of hydrogen-bond acceptors (Lipinski definition) is 3. The Kier molecular flexibility index (Phi) is 3.81. The Bertz CT molecular complexity index is 843. The first-order valence-corrected chi connectivity index (χ1v) is 7.22. The number of nitrogens with zero attached hydrogens (tertiary/aromatic N) is 4. The summed E-state index contributed by atoms with van der Waals surface area (Å²) in [4.78, 5) is 22.6. The summed E-state index contributed by atoms with van der Waals surface area (Å²) in [6, 6.07) is 12.9. The summed E-state index contributed by atoms with van der Waals surface area (Å²) in [6.45, 7) is 0.401. The highest BCUT2D eigenvalue weighted by molar-refractivity contribution is 6.29. The molecule has 0 saturated carbocycles. The summed E-state index contributed by atoms with van der Waals surface area (Å²) >= 11 is 5.83. The molecule has 5 nitrogen and oxygen atoms in total. The zero-order chi connectivity index (χ0) is 15.7. The van der Waals surface area contributed by atoms with Crippen molar-refractivity contribution in [3.63, 3.8) is 0 Å². The first kappa shape index (κ1) is 14.5. The van der Waals surface area contributed by atoms with Crippen LogP contribution in [0.1, 0.15) is 16.3 Å². The standard InChI is InChI=1S/C16H15ClN4O/c1-20(16(22)12-7-5-9-14(17)18-12)10-15-19-11-6-3-4-8-13(11)21(15)2/h3-9H,10H2,1-2H3. The minimum Gasteiger partial charge on any atom is -0.333 e. The second kappa shape index (κ2) is 5.77. The number of para-hydroxylation sites is 2. The average Bonchev–Trinajstić information content (AvgIpc) is 2.83. The van der Waals surface area contributed by atoms with Crippen LogP contribution in [-0.2, 0) is 13.6 Å². The van der Waals surface area contributed by atoms with Gasteiger partial charge in [-0.25, -0.2) is 9.97 Å². The van der Waals surface area contributed by atoms with Crippen molar-refractivity contribution >= 4 is 28.5 Å². The number of rotatable bonds is 3. The zero-order valence-electron chi connectivity index (χ0n) is 12.3. The monoisotopic (exact) mass is 314 g/mol. The molecule has 0 N–H and O–H groups in total. The van der Waals surface area contributed by atoms with Crippen molar-refractivity contribution in [3.8, 4) is 0 Å². The third kappa shape index (κ3) is 2.67. The van der Waals surface area contributed by atoms with E-state index in [2.05, 4.69) is 9.97 Å². The zero-order valence-corrected chi connectivity index (χ0v) is 13.1. The highest BCUT2D eigenvalue weighted by Crippen LogP contribution is 2.16. The van der Waals surface area contributed by atoms with E-state index in [1.165, 1.54) is 0 Å². The van der Waals surface area contributed by atoms with Crippen LogP contribution in [0.4, 0.5) is 0 Å². The predicted molar refractivity (Wildman–Crippen MR) is 85.8 cm³/mol. The van der Waals surface area contributed by atoms with Crippen LogP contribution >= 0.6 is 11.6 Å². The van der Waals surface area contributed by atoms with Gasteiger partial charge in [0.25, 0.3) is 5.91 Å². The van der Waals surface area contributed by atoms with Crippen LogP contribution in [-0.4, -0.2) is 32.4 Å². The summed E-state index contributed by atoms with van der Waals surface area (Å²) in [6.07, 6.45) is 0. The Balaban J connectivity index is 1.85. The number of carbonyl (C=O) groups is 1. The smallest absolute Gasteiger partial charge is 0.272 e. The third-order valence-electron chi connectivity index (χ3n) is 3.54. The van der Waals surface area contributed by atoms with Gasteiger partial charge in [-0.3, -0.25) is 4.79 Å². The van der Waals surface area contributed by atoms with Gasteiger partial charge in [-0.15, -0.1) is 0 Å². The number of fused-ring (bicyclic) bond motifs is 1. The van der Waals surface area contributed by atoms with Crippen LogP contribution in [0.25, 0.3) is 11.0 Å². The van der Waals surface area contributed by atoms with Gasteiger partial charge in [0.05, 0.1) is 17.6 Å². The summed E-state index contributed by atoms with van der Waals surface area (Å²) in [7, 11) is 3.67. The molecule has 0 fully saturated rings. The lowest BCUT2D eigenvalue weighted by molar-refractivity contribution is 0.0775. The maximum atomic E-state index is 12.4. The van der Waals surface area contributed by atoms with Gasteiger partial charge >= 0.3 is 0 Å². The summed E-state index contributed by atoms with van der Waals surface area (Å²) in [5.74, 6) is 0.633. The summed E-state index contributed by atoms with van der Waals surface area (Å²) < 4.78 is 1.99. The molecule has 0 bridgehead atoms. The molecule has 1 aromatic carbocycles. The second-order valence-electron chi connectivity index (χ2n) is 5.08. The number of carbonyl (C=O) groups excluding carboxylic acids is 1. The largest absolute Gasteiger partial charge is 0.333 e. The Morgan fingerprint density at radius 3 is 2.68 bits per heavy atom. The normalized spacial score (nSPS) is 10.9. The number of aryl methyl sites for hydroxylation is 1. The fourth-order valence-electron chi connectivity index (χ4n) is 2.34. The van der Waals surface area contributed by atoms with Gasteiger partial charge in [0.2, 0.25) is 0 Å². The van der Waals surface area contributed by atoms with Crippen molar-refractivity contribution in [3.05, 3.63) is 59.1 Å². The molecule has 0 aliphatic carbocycles. The van der Waals surface area contributed by atoms with Crippen LogP contribution in [0.2, 0.25) is 5.15 Å². The fourth-order valence-corrected chi connectivity index (χ4v) is 2.51. The first-order chi connectivity index (χ1) is 10.6. The van der Waals surface area contributed by atoms with Crippen molar-refractivity contribution in [2.24, 2.45) is 7.05 Å². The average molecular weight is 315 g/mol. The Labute approximate surface area is 133 Å². The molecular weight excluding hydrogens is 300 g/mol. The quantitative estimate of drug-likeness (QED) is 0.698. The third-order valence-corrected chi connectivity index (χ3v) is 3.75. The number of pyridine rings is 1. The van der Waals surface area contributed by atoms with Crippen molar-refractivity contribution < 1.29 is 4.79 Å². The lowest BCUT2D eigenvalue weighted by atomic mass is 10.3. The lowest BCUT2D eigenvalue weighted by Gasteiger charge is -2.16. The van der Waals surface area contributed by atoms with E-state index in [4.69, 9.17) is 11.6 Å². The molecule has 2 aromatic heterocycles. The Hall–Kier alpha value is -2.40. The molecule has 3 aromatic rings. The van der Waals surface area contributed by atoms with E-state index in [1.807, 2.05) is 35.9 Å². The van der Waals surface area contributed by atoms with Gasteiger partial charge in [-0.05, 0) is 24.3 Å². The van der Waals surface area contributed by atoms with Gasteiger partial charge in [0, 0.05) is 14.1 Å². The minimum atomic E-state index is -0.186. The second-order valence-corrected chi connectivity index (χ2v) is 5.47. The Morgan fingerprint density at radius 2 is 1.95 bits per heavy atom. The highest BCUT2D eigenvalue weighted by Gasteiger charge is 2.16. The molecule has 0 unspecified atom stereocenters. The topological polar surface area (TPSA) is 51.0 Å². The predicted octanol–water partition coefficient (Wildman–Crippen LogP) is 2.89. The maximum absolute atomic E-state index is 12.4. The molecule has 3 rings (SSSR count). The molecule has 0 aliphatic heterocycles. The van der Waals surface area contributed by atoms with Gasteiger partial charge < -0.3 is 9.47 Å². The Morgan fingerprint density at radius 1 is 1.18 bits per heavy atom. The van der Waals surface area contributed by atoms with E-state index in [0.29, 0.717) is 17.4 Å². The molecule has 22 heavy (non-hydrogen) atoms. The lowest BCUT2D eigenvalue weighted by Crippen LogP contribution is -2.28. The molecule has 1 amide bonds. The first-order valence-electron chi connectivity index (χ1n) is 6.84. The molecular formula is C16H15ClN4O. The number of imidazole rings is 1. The van der Waals surface area contributed by atoms with Gasteiger partial charge in [0.15, 0.2) is 0 Å². The van der Waals surface area contributed by atoms with E-state index in [-0.39, 0.29) is 5.91 Å². The van der Waals surface area contributed by atoms with Gasteiger partial charge in [0.1, 0.15) is 16.7 Å². The van der Waals surface area contributed by atoms with Crippen LogP contribution in [0.15, 0.2) is 42.5 Å². The molecule has 0 aliphatic rings. The van der Waals surface area contributed by atoms with E-state index in [1.54, 1.807) is 30.1 Å². The summed E-state index contributed by atoms with van der Waals surface area (Å²) in [5.41, 5.74) is 2.29. The minimum absolute atomic E-state index is 0.186. The van der Waals surface area contributed by atoms with Crippen molar-refractivity contribution in [1.29, 1.82) is 0 Å². The number of aromatic nitrogens is 3. The van der Waals surface area contributed by atoms with Crippen molar-refractivity contribution in [2.45, 2.75) is 6.54 Å². The number of amides is 1. The number of halogens is 1. The number of hydrogen-bond donors (Lipinski definition) is 0. The molecule has 0 radical (unpaired) electrons. The van der Waals surface area contributed by atoms with Gasteiger partial charge in [-0.2, -0.15) is 0 Å². The van der Waals surface area contributed by atoms with E-state index in [0.717, 1.165) is 16.9 Å². The summed E-state index contributed by atoms with van der Waals surface area (Å²) in [5, 5.41) is 0.307. The van der Waals surface area contributed by atoms with Gasteiger partial charge in [-0.1, -0.05) is 29.8 Å². The van der Waals surface area contributed by atoms with Crippen LogP contribution in [0.5, 0.6) is 0 Å². The molecule has 0 spiro atoms. The fraction of sp³-hybridized carbons (Fsp3) is 0.188.